The van der Waals surface area contributed by atoms with Gasteiger partial charge in [0.05, 0.1) is 11.6 Å². The first-order valence-corrected chi connectivity index (χ1v) is 13.1. The predicted molar refractivity (Wildman–Crippen MR) is 144 cm³/mol. The van der Waals surface area contributed by atoms with Gasteiger partial charge < -0.3 is 21.3 Å². The molecule has 0 spiro atoms. The third-order valence-corrected chi connectivity index (χ3v) is 7.02. The molecule has 0 saturated carbocycles. The maximum absolute atomic E-state index is 13.6. The molecule has 0 aromatic heterocycles. The molecule has 4 rings (SSSR count). The number of hydrogen-bond donors (Lipinski definition) is 3. The quantitative estimate of drug-likeness (QED) is 0.382. The molecular formula is C30H33F3N4O2. The number of nitrogens with zero attached hydrogens (tertiary/aromatic N) is 1. The molecule has 6 nitrogen and oxygen atoms in total. The van der Waals surface area contributed by atoms with Gasteiger partial charge in [0.2, 0.25) is 5.91 Å². The van der Waals surface area contributed by atoms with Gasteiger partial charge >= 0.3 is 6.18 Å². The minimum atomic E-state index is -4.53. The maximum atomic E-state index is 13.6. The average Bonchev–Trinajstić information content (AvgIpc) is 3.09. The van der Waals surface area contributed by atoms with Gasteiger partial charge in [-0.3, -0.25) is 9.59 Å². The molecule has 1 aliphatic rings. The van der Waals surface area contributed by atoms with Gasteiger partial charge in [-0.2, -0.15) is 13.2 Å². The van der Waals surface area contributed by atoms with Crippen molar-refractivity contribution < 1.29 is 22.8 Å². The Labute approximate surface area is 226 Å². The molecule has 0 bridgehead atoms. The Morgan fingerprint density at radius 3 is 2.23 bits per heavy atom. The number of carbonyl (C=O) groups excluding carboxylic acids is 2. The number of rotatable bonds is 9. The molecule has 1 fully saturated rings. The van der Waals surface area contributed by atoms with E-state index in [0.717, 1.165) is 23.3 Å². The molecule has 1 aliphatic heterocycles. The van der Waals surface area contributed by atoms with E-state index >= 15 is 0 Å². The first-order valence-electron chi connectivity index (χ1n) is 13.1. The molecule has 0 aliphatic carbocycles. The van der Waals surface area contributed by atoms with Crippen LogP contribution in [-0.2, 0) is 11.0 Å². The average molecular weight is 539 g/mol. The first-order chi connectivity index (χ1) is 18.8. The topological polar surface area (TPSA) is 87.5 Å². The molecule has 9 heteroatoms. The second kappa shape index (κ2) is 12.9. The van der Waals surface area contributed by atoms with Crippen LogP contribution in [0.1, 0.15) is 45.8 Å². The highest BCUT2D eigenvalue weighted by Crippen LogP contribution is 2.30. The molecule has 0 radical (unpaired) electrons. The van der Waals surface area contributed by atoms with Gasteiger partial charge in [-0.05, 0) is 48.7 Å². The number of carbonyl (C=O) groups is 2. The Kier molecular flexibility index (Phi) is 9.37. The monoisotopic (exact) mass is 538 g/mol. The van der Waals surface area contributed by atoms with E-state index in [1.165, 1.54) is 12.1 Å². The van der Waals surface area contributed by atoms with Gasteiger partial charge in [0, 0.05) is 37.2 Å². The lowest BCUT2D eigenvalue weighted by Crippen LogP contribution is -2.49. The molecule has 3 aromatic carbocycles. The molecule has 2 atom stereocenters. The highest BCUT2D eigenvalue weighted by molar-refractivity contribution is 5.94. The number of amides is 2. The molecule has 3 aromatic rings. The number of halogens is 3. The van der Waals surface area contributed by atoms with Gasteiger partial charge in [0.1, 0.15) is 0 Å². The fourth-order valence-corrected chi connectivity index (χ4v) is 4.95. The Balaban J connectivity index is 1.47. The summed E-state index contributed by atoms with van der Waals surface area (Å²) >= 11 is 0. The lowest BCUT2D eigenvalue weighted by Gasteiger charge is -2.29. The molecule has 1 saturated heterocycles. The van der Waals surface area contributed by atoms with Crippen LogP contribution < -0.4 is 16.4 Å². The summed E-state index contributed by atoms with van der Waals surface area (Å²) in [5.41, 5.74) is 7.09. The van der Waals surface area contributed by atoms with E-state index in [1.54, 1.807) is 0 Å². The lowest BCUT2D eigenvalue weighted by molar-refractivity contribution is -0.137. The minimum absolute atomic E-state index is 0.0213. The number of benzene rings is 3. The molecule has 206 valence electrons. The van der Waals surface area contributed by atoms with E-state index in [2.05, 4.69) is 34.9 Å². The third-order valence-electron chi connectivity index (χ3n) is 7.02. The minimum Gasteiger partial charge on any atom is -0.350 e. The number of hydrogen-bond acceptors (Lipinski definition) is 4. The first kappa shape index (κ1) is 28.3. The normalized spacial score (nSPS) is 18.2. The molecule has 1 heterocycles. The van der Waals surface area contributed by atoms with Crippen LogP contribution in [0.25, 0.3) is 0 Å². The second-order valence-corrected chi connectivity index (χ2v) is 9.73. The second-order valence-electron chi connectivity index (χ2n) is 9.73. The van der Waals surface area contributed by atoms with Crippen molar-refractivity contribution in [2.75, 3.05) is 26.2 Å². The predicted octanol–water partition coefficient (Wildman–Crippen LogP) is 4.18. The van der Waals surface area contributed by atoms with Crippen LogP contribution in [0.15, 0.2) is 84.9 Å². The van der Waals surface area contributed by atoms with Crippen molar-refractivity contribution in [2.45, 2.75) is 37.0 Å². The van der Waals surface area contributed by atoms with Gasteiger partial charge in [-0.1, -0.05) is 66.7 Å². The third kappa shape index (κ3) is 7.46. The summed E-state index contributed by atoms with van der Waals surface area (Å²) in [6.45, 7) is 1.42. The summed E-state index contributed by atoms with van der Waals surface area (Å²) in [5, 5.41) is 6.06. The van der Waals surface area contributed by atoms with E-state index in [0.29, 0.717) is 32.5 Å². The zero-order valence-electron chi connectivity index (χ0n) is 21.5. The van der Waals surface area contributed by atoms with Crippen molar-refractivity contribution in [3.05, 3.63) is 107 Å². The Bertz CT molecular complexity index is 1200. The van der Waals surface area contributed by atoms with Gasteiger partial charge in [-0.15, -0.1) is 0 Å². The fourth-order valence-electron chi connectivity index (χ4n) is 4.95. The maximum Gasteiger partial charge on any atom is 0.416 e. The Morgan fingerprint density at radius 1 is 1.00 bits per heavy atom. The highest BCUT2D eigenvalue weighted by atomic mass is 19.4. The molecule has 2 amide bonds. The smallest absolute Gasteiger partial charge is 0.350 e. The number of nitrogens with one attached hydrogen (secondary N) is 2. The largest absolute Gasteiger partial charge is 0.416 e. The van der Waals surface area contributed by atoms with Crippen molar-refractivity contribution in [1.82, 2.24) is 15.5 Å². The highest BCUT2D eigenvalue weighted by Gasteiger charge is 2.33. The molecule has 0 unspecified atom stereocenters. The van der Waals surface area contributed by atoms with Gasteiger partial charge in [0.25, 0.3) is 5.91 Å². The van der Waals surface area contributed by atoms with Crippen molar-refractivity contribution >= 4 is 11.8 Å². The standard InChI is InChI=1S/C30H33F3N4O2/c31-30(32,33)24-13-7-12-23(18-24)28(38)35-19-25-15-17-37(29(39)27(36-25)14-16-34)20-26(21-8-3-1-4-9-21)22-10-5-2-6-11-22/h1-13,18,25-27,36H,14-17,19-20,34H2,(H,35,38)/t25-,27-/m1/s1. The van der Waals surface area contributed by atoms with E-state index in [1.807, 2.05) is 41.3 Å². The summed E-state index contributed by atoms with van der Waals surface area (Å²) in [4.78, 5) is 28.1. The van der Waals surface area contributed by atoms with E-state index in [-0.39, 0.29) is 30.0 Å². The zero-order chi connectivity index (χ0) is 27.8. The van der Waals surface area contributed by atoms with E-state index < -0.39 is 23.7 Å². The van der Waals surface area contributed by atoms with Crippen molar-refractivity contribution in [1.29, 1.82) is 0 Å². The fraction of sp³-hybridized carbons (Fsp3) is 0.333. The van der Waals surface area contributed by atoms with Crippen LogP contribution in [0, 0.1) is 0 Å². The van der Waals surface area contributed by atoms with Crippen molar-refractivity contribution in [3.8, 4) is 0 Å². The van der Waals surface area contributed by atoms with Crippen LogP contribution in [0.5, 0.6) is 0 Å². The van der Waals surface area contributed by atoms with Crippen LogP contribution in [0.3, 0.4) is 0 Å². The summed E-state index contributed by atoms with van der Waals surface area (Å²) in [6.07, 6.45) is -3.55. The summed E-state index contributed by atoms with van der Waals surface area (Å²) in [6, 6.07) is 23.6. The van der Waals surface area contributed by atoms with Crippen LogP contribution in [-0.4, -0.2) is 55.0 Å². The summed E-state index contributed by atoms with van der Waals surface area (Å²) in [7, 11) is 0. The number of alkyl halides is 3. The lowest BCUT2D eigenvalue weighted by atomic mass is 9.90. The van der Waals surface area contributed by atoms with Gasteiger partial charge in [0.15, 0.2) is 0 Å². The van der Waals surface area contributed by atoms with Crippen LogP contribution >= 0.6 is 0 Å². The van der Waals surface area contributed by atoms with Crippen LogP contribution in [0.4, 0.5) is 13.2 Å². The van der Waals surface area contributed by atoms with Crippen molar-refractivity contribution in [2.24, 2.45) is 5.73 Å². The molecule has 39 heavy (non-hydrogen) atoms. The molecular weight excluding hydrogens is 505 g/mol. The molecule has 4 N–H and O–H groups in total. The zero-order valence-corrected chi connectivity index (χ0v) is 21.5. The van der Waals surface area contributed by atoms with Gasteiger partial charge in [-0.25, -0.2) is 0 Å². The van der Waals surface area contributed by atoms with Crippen molar-refractivity contribution in [3.63, 3.8) is 0 Å². The summed E-state index contributed by atoms with van der Waals surface area (Å²) < 4.78 is 39.2. The summed E-state index contributed by atoms with van der Waals surface area (Å²) in [5.74, 6) is -0.671. The van der Waals surface area contributed by atoms with E-state index in [9.17, 15) is 22.8 Å². The SMILES string of the molecule is NCC[C@H]1N[C@@H](CNC(=O)c2cccc(C(F)(F)F)c2)CCN(CC(c2ccccc2)c2ccccc2)C1=O. The number of nitrogens with two attached hydrogens (primary N) is 1. The van der Waals surface area contributed by atoms with Crippen LogP contribution in [0.2, 0.25) is 0 Å². The van der Waals surface area contributed by atoms with E-state index in [4.69, 9.17) is 5.73 Å². The Morgan fingerprint density at radius 2 is 1.64 bits per heavy atom. The Hall–Kier alpha value is -3.69.